The van der Waals surface area contributed by atoms with E-state index in [1.807, 2.05) is 24.5 Å². The largest absolute Gasteiger partial charge is 0.493 e. The predicted octanol–water partition coefficient (Wildman–Crippen LogP) is 4.08. The zero-order valence-electron chi connectivity index (χ0n) is 16.6. The second kappa shape index (κ2) is 8.61. The number of ether oxygens (including phenoxy) is 2. The van der Waals surface area contributed by atoms with E-state index in [1.54, 1.807) is 14.2 Å². The van der Waals surface area contributed by atoms with Gasteiger partial charge in [-0.2, -0.15) is 0 Å². The Hall–Kier alpha value is -2.60. The van der Waals surface area contributed by atoms with Crippen molar-refractivity contribution in [3.05, 3.63) is 47.9 Å². The topological polar surface area (TPSA) is 60.6 Å². The van der Waals surface area contributed by atoms with E-state index in [0.717, 1.165) is 49.5 Å². The highest BCUT2D eigenvalue weighted by Gasteiger charge is 2.21. The zero-order valence-corrected chi connectivity index (χ0v) is 16.6. The van der Waals surface area contributed by atoms with E-state index in [-0.39, 0.29) is 0 Å². The Kier molecular flexibility index (Phi) is 5.76. The van der Waals surface area contributed by atoms with Crippen LogP contribution in [-0.2, 0) is 13.0 Å². The summed E-state index contributed by atoms with van der Waals surface area (Å²) in [4.78, 5) is 6.63. The monoisotopic (exact) mass is 381 g/mol. The summed E-state index contributed by atoms with van der Waals surface area (Å²) in [6, 6.07) is 8.13. The lowest BCUT2D eigenvalue weighted by Crippen LogP contribution is -2.33. The number of likely N-dealkylation sites (tertiary alicyclic amines) is 1. The molecule has 4 rings (SSSR count). The number of piperidine rings is 1. The van der Waals surface area contributed by atoms with Crippen LogP contribution in [0.3, 0.4) is 0 Å². The van der Waals surface area contributed by atoms with Crippen LogP contribution < -0.4 is 9.47 Å². The summed E-state index contributed by atoms with van der Waals surface area (Å²) in [6.07, 6.45) is 8.27. The first kappa shape index (κ1) is 18.7. The van der Waals surface area contributed by atoms with Crippen molar-refractivity contribution in [3.63, 3.8) is 0 Å². The molecule has 1 aliphatic heterocycles. The highest BCUT2D eigenvalue weighted by Crippen LogP contribution is 2.37. The van der Waals surface area contributed by atoms with Crippen LogP contribution in [0.1, 0.15) is 30.5 Å². The lowest BCUT2D eigenvalue weighted by Gasteiger charge is -2.31. The summed E-state index contributed by atoms with van der Waals surface area (Å²) in [5.74, 6) is 2.02. The number of aromatic nitrogens is 2. The van der Waals surface area contributed by atoms with E-state index < -0.39 is 0 Å². The third-order valence-corrected chi connectivity index (χ3v) is 5.71. The number of aryl methyl sites for hydroxylation is 1. The fraction of sp³-hybridized carbons (Fsp3) is 0.455. The highest BCUT2D eigenvalue weighted by atomic mass is 16.5. The predicted molar refractivity (Wildman–Crippen MR) is 108 cm³/mol. The van der Waals surface area contributed by atoms with Crippen molar-refractivity contribution in [3.8, 4) is 11.5 Å². The van der Waals surface area contributed by atoms with Gasteiger partial charge in [0.1, 0.15) is 0 Å². The van der Waals surface area contributed by atoms with Crippen LogP contribution in [-0.4, -0.2) is 42.3 Å². The summed E-state index contributed by atoms with van der Waals surface area (Å²) in [6.45, 7) is 3.32. The highest BCUT2D eigenvalue weighted by molar-refractivity contribution is 5.87. The third-order valence-electron chi connectivity index (χ3n) is 5.71. The summed E-state index contributed by atoms with van der Waals surface area (Å²) < 4.78 is 16.4. The molecular formula is C22H27N3O3. The van der Waals surface area contributed by atoms with Crippen molar-refractivity contribution in [2.75, 3.05) is 27.3 Å². The van der Waals surface area contributed by atoms with Gasteiger partial charge in [-0.25, -0.2) is 0 Å². The second-order valence-corrected chi connectivity index (χ2v) is 7.42. The molecule has 2 aromatic heterocycles. The smallest absolute Gasteiger partial charge is 0.212 e. The molecule has 0 aliphatic carbocycles. The first-order valence-corrected chi connectivity index (χ1v) is 9.89. The number of pyridine rings is 1. The molecule has 6 heteroatoms. The molecule has 1 fully saturated rings. The molecule has 0 unspecified atom stereocenters. The Labute approximate surface area is 165 Å². The Balaban J connectivity index is 1.33. The van der Waals surface area contributed by atoms with E-state index in [0.29, 0.717) is 17.1 Å². The van der Waals surface area contributed by atoms with E-state index in [4.69, 9.17) is 14.0 Å². The maximum absolute atomic E-state index is 5.57. The molecule has 1 aliphatic rings. The molecule has 0 bridgehead atoms. The lowest BCUT2D eigenvalue weighted by atomic mass is 9.91. The summed E-state index contributed by atoms with van der Waals surface area (Å²) >= 11 is 0. The summed E-state index contributed by atoms with van der Waals surface area (Å²) in [5, 5.41) is 5.33. The van der Waals surface area contributed by atoms with Crippen LogP contribution in [0.5, 0.6) is 11.5 Å². The van der Waals surface area contributed by atoms with Crippen LogP contribution in [0.2, 0.25) is 0 Å². The standard InChI is InChI=1S/C22H27N3O3/c1-26-20-6-4-18-19(24-28-21(18)22(20)27-2)5-3-16-9-13-25(14-10-16)15-17-7-11-23-12-8-17/h4,6-8,11-12,16H,3,5,9-10,13-15H2,1-2H3. The van der Waals surface area contributed by atoms with Crippen molar-refractivity contribution in [2.24, 2.45) is 5.92 Å². The molecule has 6 nitrogen and oxygen atoms in total. The van der Waals surface area contributed by atoms with Gasteiger partial charge in [0, 0.05) is 24.3 Å². The SMILES string of the molecule is COc1ccc2c(CCC3CCN(Cc4ccncc4)CC3)noc2c1OC. The van der Waals surface area contributed by atoms with Gasteiger partial charge in [0.15, 0.2) is 5.75 Å². The van der Waals surface area contributed by atoms with Gasteiger partial charge in [-0.1, -0.05) is 5.16 Å². The molecule has 0 radical (unpaired) electrons. The Bertz CT molecular complexity index is 902. The van der Waals surface area contributed by atoms with Gasteiger partial charge < -0.3 is 14.0 Å². The average Bonchev–Trinajstić information content (AvgIpc) is 3.16. The van der Waals surface area contributed by atoms with Gasteiger partial charge in [0.25, 0.3) is 0 Å². The van der Waals surface area contributed by atoms with E-state index in [1.165, 1.54) is 18.4 Å². The molecule has 3 aromatic rings. The van der Waals surface area contributed by atoms with Crippen molar-refractivity contribution >= 4 is 11.0 Å². The maximum Gasteiger partial charge on any atom is 0.212 e. The lowest BCUT2D eigenvalue weighted by molar-refractivity contribution is 0.172. The maximum atomic E-state index is 5.57. The third kappa shape index (κ3) is 3.97. The molecule has 0 atom stereocenters. The van der Waals surface area contributed by atoms with Crippen LogP contribution in [0.25, 0.3) is 11.0 Å². The molecule has 1 saturated heterocycles. The minimum atomic E-state index is 0.614. The van der Waals surface area contributed by atoms with Crippen molar-refractivity contribution in [1.82, 2.24) is 15.0 Å². The number of fused-ring (bicyclic) bond motifs is 1. The van der Waals surface area contributed by atoms with Crippen LogP contribution in [0.15, 0.2) is 41.2 Å². The normalized spacial score (nSPS) is 15.8. The van der Waals surface area contributed by atoms with E-state index >= 15 is 0 Å². The van der Waals surface area contributed by atoms with E-state index in [2.05, 4.69) is 27.2 Å². The number of hydrogen-bond donors (Lipinski definition) is 0. The Morgan fingerprint density at radius 1 is 1.07 bits per heavy atom. The number of nitrogens with zero attached hydrogens (tertiary/aromatic N) is 3. The Morgan fingerprint density at radius 2 is 1.86 bits per heavy atom. The number of hydrogen-bond acceptors (Lipinski definition) is 6. The van der Waals surface area contributed by atoms with Gasteiger partial charge in [-0.3, -0.25) is 9.88 Å². The quantitative estimate of drug-likeness (QED) is 0.614. The molecule has 3 heterocycles. The molecule has 148 valence electrons. The average molecular weight is 381 g/mol. The van der Waals surface area contributed by atoms with Crippen molar-refractivity contribution < 1.29 is 14.0 Å². The van der Waals surface area contributed by atoms with Crippen LogP contribution in [0.4, 0.5) is 0 Å². The van der Waals surface area contributed by atoms with Gasteiger partial charge >= 0.3 is 0 Å². The molecule has 0 spiro atoms. The van der Waals surface area contributed by atoms with Gasteiger partial charge in [-0.15, -0.1) is 0 Å². The first-order chi connectivity index (χ1) is 13.8. The van der Waals surface area contributed by atoms with Gasteiger partial charge in [0.2, 0.25) is 11.3 Å². The number of benzene rings is 1. The van der Waals surface area contributed by atoms with Gasteiger partial charge in [-0.05, 0) is 74.5 Å². The zero-order chi connectivity index (χ0) is 19.3. The Morgan fingerprint density at radius 3 is 2.57 bits per heavy atom. The van der Waals surface area contributed by atoms with E-state index in [9.17, 15) is 0 Å². The van der Waals surface area contributed by atoms with Crippen LogP contribution >= 0.6 is 0 Å². The molecule has 0 amide bonds. The van der Waals surface area contributed by atoms with Crippen molar-refractivity contribution in [2.45, 2.75) is 32.2 Å². The van der Waals surface area contributed by atoms with Gasteiger partial charge in [0.05, 0.1) is 19.9 Å². The summed E-state index contributed by atoms with van der Waals surface area (Å²) in [7, 11) is 3.25. The fourth-order valence-electron chi connectivity index (χ4n) is 4.07. The molecule has 0 N–H and O–H groups in total. The second-order valence-electron chi connectivity index (χ2n) is 7.42. The summed E-state index contributed by atoms with van der Waals surface area (Å²) in [5.41, 5.74) is 3.02. The number of rotatable bonds is 7. The first-order valence-electron chi connectivity index (χ1n) is 9.89. The fourth-order valence-corrected chi connectivity index (χ4v) is 4.07. The molecular weight excluding hydrogens is 354 g/mol. The van der Waals surface area contributed by atoms with Crippen molar-refractivity contribution in [1.29, 1.82) is 0 Å². The molecule has 0 saturated carbocycles. The molecule has 28 heavy (non-hydrogen) atoms. The minimum absolute atomic E-state index is 0.614. The number of methoxy groups -OCH3 is 2. The minimum Gasteiger partial charge on any atom is -0.493 e. The molecule has 1 aromatic carbocycles. The van der Waals surface area contributed by atoms with Crippen LogP contribution in [0, 0.1) is 5.92 Å².